The third-order valence-electron chi connectivity index (χ3n) is 9.14. The number of aromatic nitrogens is 2. The van der Waals surface area contributed by atoms with Crippen molar-refractivity contribution in [2.24, 2.45) is 13.0 Å². The lowest BCUT2D eigenvalue weighted by Crippen LogP contribution is -2.48. The van der Waals surface area contributed by atoms with Gasteiger partial charge in [0.2, 0.25) is 0 Å². The van der Waals surface area contributed by atoms with Gasteiger partial charge in [0.1, 0.15) is 5.75 Å². The summed E-state index contributed by atoms with van der Waals surface area (Å²) < 4.78 is 42.1. The maximum atomic E-state index is 14.5. The SMILES string of the molecule is C[C@@H]1CCCCO[C@H](CN(C)S(=O)(=O)c2cn(C)cn2)[C@@H](C)CN([C@H](C)CO)C(=O)c2cc(NC(=O)Nc3cccc4ccccc34)ccc2O1. The molecular formula is C37H48N6O7S. The second-order valence-electron chi connectivity index (χ2n) is 13.3. The number of aryl methyl sites for hydroxylation is 1. The fourth-order valence-corrected chi connectivity index (χ4v) is 7.26. The Morgan fingerprint density at radius 2 is 1.86 bits per heavy atom. The van der Waals surface area contributed by atoms with Crippen LogP contribution in [0.25, 0.3) is 10.8 Å². The van der Waals surface area contributed by atoms with E-state index in [0.29, 0.717) is 30.2 Å². The highest BCUT2D eigenvalue weighted by Gasteiger charge is 2.33. The Morgan fingerprint density at radius 1 is 1.10 bits per heavy atom. The number of urea groups is 1. The molecule has 0 aliphatic carbocycles. The molecule has 0 spiro atoms. The fraction of sp³-hybridized carbons (Fsp3) is 0.432. The second kappa shape index (κ2) is 16.7. The molecule has 1 aliphatic rings. The van der Waals surface area contributed by atoms with E-state index in [-0.39, 0.29) is 42.3 Å². The molecular weight excluding hydrogens is 673 g/mol. The van der Waals surface area contributed by atoms with Crippen molar-refractivity contribution in [3.8, 4) is 5.75 Å². The van der Waals surface area contributed by atoms with Gasteiger partial charge in [-0.1, -0.05) is 43.3 Å². The van der Waals surface area contributed by atoms with Crippen LogP contribution in [0, 0.1) is 5.92 Å². The molecule has 1 aliphatic heterocycles. The molecule has 4 aromatic rings. The first-order chi connectivity index (χ1) is 24.4. The van der Waals surface area contributed by atoms with Crippen LogP contribution < -0.4 is 15.4 Å². The number of imidazole rings is 1. The highest BCUT2D eigenvalue weighted by molar-refractivity contribution is 7.89. The number of amides is 3. The number of nitrogens with one attached hydrogen (secondary N) is 2. The Balaban J connectivity index is 1.41. The first-order valence-corrected chi connectivity index (χ1v) is 18.7. The van der Waals surface area contributed by atoms with E-state index in [1.807, 2.05) is 56.3 Å². The first kappa shape index (κ1) is 37.7. The number of rotatable bonds is 8. The summed E-state index contributed by atoms with van der Waals surface area (Å²) >= 11 is 0. The van der Waals surface area contributed by atoms with Crippen LogP contribution in [0.15, 0.2) is 78.2 Å². The summed E-state index contributed by atoms with van der Waals surface area (Å²) in [5.41, 5.74) is 1.25. The summed E-state index contributed by atoms with van der Waals surface area (Å²) in [6.07, 6.45) is 4.28. The van der Waals surface area contributed by atoms with Gasteiger partial charge in [0, 0.05) is 57.0 Å². The van der Waals surface area contributed by atoms with Crippen molar-refractivity contribution in [2.75, 3.05) is 44.0 Å². The summed E-state index contributed by atoms with van der Waals surface area (Å²) in [5, 5.41) is 17.8. The van der Waals surface area contributed by atoms with E-state index >= 15 is 0 Å². The van der Waals surface area contributed by atoms with Gasteiger partial charge in [-0.25, -0.2) is 18.2 Å². The largest absolute Gasteiger partial charge is 0.490 e. The highest BCUT2D eigenvalue weighted by atomic mass is 32.2. The van der Waals surface area contributed by atoms with Gasteiger partial charge in [0.15, 0.2) is 5.03 Å². The standard InChI is InChI=1S/C37H48N6O7S/c1-25-20-43(26(2)23-44)36(45)31-19-29(39-37(46)40-32-15-10-13-28-12-6-7-14-30(28)32)16-17-33(31)50-27(3)11-8-9-18-49-34(25)21-42(5)51(47,48)35-22-41(4)24-38-35/h6-7,10,12-17,19,22,24-27,34,44H,8-9,11,18,20-21,23H2,1-5H3,(H2,39,40,46)/t25-,26+,27+,34+/m0/s1. The number of anilines is 2. The summed E-state index contributed by atoms with van der Waals surface area (Å²) in [5.74, 6) is -0.390. The molecule has 13 nitrogen and oxygen atoms in total. The number of benzene rings is 3. The summed E-state index contributed by atoms with van der Waals surface area (Å²) in [6.45, 7) is 5.84. The minimum absolute atomic E-state index is 0.0333. The zero-order valence-corrected chi connectivity index (χ0v) is 30.6. The average Bonchev–Trinajstić information content (AvgIpc) is 3.56. The lowest BCUT2D eigenvalue weighted by atomic mass is 10.0. The molecule has 1 aromatic heterocycles. The fourth-order valence-electron chi connectivity index (χ4n) is 6.12. The molecule has 3 aromatic carbocycles. The van der Waals surface area contributed by atoms with E-state index in [4.69, 9.17) is 9.47 Å². The van der Waals surface area contributed by atoms with Gasteiger partial charge in [-0.05, 0) is 62.8 Å². The Morgan fingerprint density at radius 3 is 2.61 bits per heavy atom. The molecule has 5 rings (SSSR count). The van der Waals surface area contributed by atoms with Crippen LogP contribution in [0.5, 0.6) is 5.75 Å². The molecule has 0 bridgehead atoms. The van der Waals surface area contributed by atoms with E-state index in [1.165, 1.54) is 23.9 Å². The number of likely N-dealkylation sites (N-methyl/N-ethyl adjacent to an activating group) is 1. The summed E-state index contributed by atoms with van der Waals surface area (Å²) in [4.78, 5) is 33.2. The number of sulfonamides is 1. The van der Waals surface area contributed by atoms with Crippen molar-refractivity contribution in [1.82, 2.24) is 18.8 Å². The molecule has 0 saturated heterocycles. The van der Waals surface area contributed by atoms with Crippen LogP contribution in [0.1, 0.15) is 50.4 Å². The number of hydrogen-bond acceptors (Lipinski definition) is 8. The Labute approximate surface area is 299 Å². The topological polar surface area (TPSA) is 155 Å². The first-order valence-electron chi connectivity index (χ1n) is 17.2. The minimum Gasteiger partial charge on any atom is -0.490 e. The zero-order chi connectivity index (χ0) is 36.7. The van der Waals surface area contributed by atoms with Gasteiger partial charge in [-0.2, -0.15) is 4.31 Å². The molecule has 0 radical (unpaired) electrons. The smallest absolute Gasteiger partial charge is 0.323 e. The van der Waals surface area contributed by atoms with Crippen molar-refractivity contribution in [1.29, 1.82) is 0 Å². The van der Waals surface area contributed by atoms with Crippen LogP contribution in [-0.2, 0) is 21.8 Å². The van der Waals surface area contributed by atoms with Crippen molar-refractivity contribution in [3.63, 3.8) is 0 Å². The highest BCUT2D eigenvalue weighted by Crippen LogP contribution is 2.29. The van der Waals surface area contributed by atoms with E-state index in [9.17, 15) is 23.1 Å². The molecule has 14 heteroatoms. The van der Waals surface area contributed by atoms with Gasteiger partial charge in [-0.3, -0.25) is 4.79 Å². The predicted octanol–water partition coefficient (Wildman–Crippen LogP) is 5.33. The molecule has 0 unspecified atom stereocenters. The number of carbonyl (C=O) groups excluding carboxylic acids is 2. The van der Waals surface area contributed by atoms with Gasteiger partial charge < -0.3 is 34.7 Å². The number of hydrogen-bond donors (Lipinski definition) is 3. The summed E-state index contributed by atoms with van der Waals surface area (Å²) in [7, 11) is -0.703. The molecule has 3 N–H and O–H groups in total. The number of aliphatic hydroxyl groups is 1. The number of aliphatic hydroxyl groups excluding tert-OH is 1. The van der Waals surface area contributed by atoms with Gasteiger partial charge in [-0.15, -0.1) is 0 Å². The normalized spacial score (nSPS) is 19.9. The molecule has 51 heavy (non-hydrogen) atoms. The molecule has 3 amide bonds. The van der Waals surface area contributed by atoms with Gasteiger partial charge in [0.25, 0.3) is 15.9 Å². The lowest BCUT2D eigenvalue weighted by Gasteiger charge is -2.35. The predicted molar refractivity (Wildman–Crippen MR) is 196 cm³/mol. The maximum absolute atomic E-state index is 14.5. The van der Waals surface area contributed by atoms with E-state index < -0.39 is 34.1 Å². The Hall–Kier alpha value is -4.50. The van der Waals surface area contributed by atoms with Crippen LogP contribution in [0.4, 0.5) is 16.2 Å². The number of nitrogens with zero attached hydrogens (tertiary/aromatic N) is 4. The molecule has 0 saturated carbocycles. The van der Waals surface area contributed by atoms with Crippen molar-refractivity contribution < 1.29 is 32.6 Å². The summed E-state index contributed by atoms with van der Waals surface area (Å²) in [6, 6.07) is 17.3. The Kier molecular flexibility index (Phi) is 12.3. The number of fused-ring (bicyclic) bond motifs is 2. The van der Waals surface area contributed by atoms with Crippen LogP contribution in [0.3, 0.4) is 0 Å². The van der Waals surface area contributed by atoms with E-state index in [2.05, 4.69) is 15.6 Å². The molecule has 0 fully saturated rings. The molecule has 2 heterocycles. The quantitative estimate of drug-likeness (QED) is 0.221. The van der Waals surface area contributed by atoms with Crippen LogP contribution in [0.2, 0.25) is 0 Å². The average molecular weight is 721 g/mol. The van der Waals surface area contributed by atoms with Crippen molar-refractivity contribution >= 4 is 44.1 Å². The van der Waals surface area contributed by atoms with E-state index in [0.717, 1.165) is 23.6 Å². The monoisotopic (exact) mass is 720 g/mol. The van der Waals surface area contributed by atoms with Crippen LogP contribution >= 0.6 is 0 Å². The van der Waals surface area contributed by atoms with Gasteiger partial charge in [0.05, 0.1) is 42.4 Å². The zero-order valence-electron chi connectivity index (χ0n) is 29.8. The second-order valence-corrected chi connectivity index (χ2v) is 15.3. The maximum Gasteiger partial charge on any atom is 0.323 e. The third kappa shape index (κ3) is 9.25. The molecule has 274 valence electrons. The van der Waals surface area contributed by atoms with Crippen molar-refractivity contribution in [2.45, 2.75) is 63.3 Å². The van der Waals surface area contributed by atoms with Crippen molar-refractivity contribution in [3.05, 3.63) is 78.8 Å². The van der Waals surface area contributed by atoms with Crippen LogP contribution in [-0.4, -0.2) is 95.8 Å². The van der Waals surface area contributed by atoms with Gasteiger partial charge >= 0.3 is 6.03 Å². The molecule has 4 atom stereocenters. The number of ether oxygens (including phenoxy) is 2. The Bertz CT molecular complexity index is 1930. The lowest BCUT2D eigenvalue weighted by molar-refractivity contribution is -0.00835. The third-order valence-corrected chi connectivity index (χ3v) is 10.8. The minimum atomic E-state index is -3.90. The number of carbonyl (C=O) groups is 2. The van der Waals surface area contributed by atoms with E-state index in [1.54, 1.807) is 41.6 Å².